The average molecular weight is 141 g/mol. The summed E-state index contributed by atoms with van der Waals surface area (Å²) in [5.74, 6) is 0. The summed E-state index contributed by atoms with van der Waals surface area (Å²) in [6, 6.07) is 0. The van der Waals surface area contributed by atoms with Crippen molar-refractivity contribution >= 4 is 10.5 Å². The number of hydrogen-bond donors (Lipinski definition) is 0. The Hall–Kier alpha value is -0.0831. The van der Waals surface area contributed by atoms with Crippen LogP contribution >= 0.6 is 0 Å². The number of allylic oxidation sites excluding steroid dienone is 1. The van der Waals surface area contributed by atoms with Crippen molar-refractivity contribution in [3.63, 3.8) is 0 Å². The Labute approximate surface area is 60.6 Å². The summed E-state index contributed by atoms with van der Waals surface area (Å²) < 4.78 is 4.82. The molecule has 0 rings (SSSR count). The van der Waals surface area contributed by atoms with Crippen LogP contribution in [0.15, 0.2) is 12.2 Å². The van der Waals surface area contributed by atoms with Gasteiger partial charge >= 0.3 is 0 Å². The summed E-state index contributed by atoms with van der Waals surface area (Å²) in [6.45, 7) is 4.14. The van der Waals surface area contributed by atoms with Gasteiger partial charge in [0, 0.05) is 0 Å². The molecule has 0 aliphatic carbocycles. The molecule has 0 aliphatic rings. The van der Waals surface area contributed by atoms with Crippen molar-refractivity contribution in [3.05, 3.63) is 12.2 Å². The van der Waals surface area contributed by atoms with Gasteiger partial charge < -0.3 is 4.43 Å². The Bertz CT molecular complexity index is 81.0. The van der Waals surface area contributed by atoms with Crippen molar-refractivity contribution in [2.75, 3.05) is 0 Å². The molecule has 0 saturated heterocycles. The molecule has 0 saturated carbocycles. The highest BCUT2D eigenvalue weighted by atomic mass is 28.2. The molecule has 3 radical (unpaired) electrons. The standard InChI is InChI=1S/C7H13OSi/c1-3-4-5-6-7(2)8-9/h5-7H,3-4H2,1-2H3/b6-5+. The first-order valence-electron chi connectivity index (χ1n) is 3.30. The minimum absolute atomic E-state index is 0.188. The quantitative estimate of drug-likeness (QED) is 0.429. The fourth-order valence-corrected chi connectivity index (χ4v) is 0.572. The van der Waals surface area contributed by atoms with Crippen LogP contribution in [0.25, 0.3) is 0 Å². The molecular formula is C7H13OSi. The lowest BCUT2D eigenvalue weighted by atomic mass is 10.3. The molecule has 0 aromatic carbocycles. The Kier molecular flexibility index (Phi) is 5.99. The maximum Gasteiger partial charge on any atom is 0.247 e. The lowest BCUT2D eigenvalue weighted by molar-refractivity contribution is 0.297. The van der Waals surface area contributed by atoms with Crippen LogP contribution in [0.5, 0.6) is 0 Å². The van der Waals surface area contributed by atoms with Crippen LogP contribution in [0.4, 0.5) is 0 Å². The zero-order valence-electron chi connectivity index (χ0n) is 6.05. The highest BCUT2D eigenvalue weighted by molar-refractivity contribution is 5.98. The Balaban J connectivity index is 3.20. The topological polar surface area (TPSA) is 9.23 Å². The highest BCUT2D eigenvalue weighted by Gasteiger charge is 1.87. The van der Waals surface area contributed by atoms with Crippen LogP contribution in [-0.2, 0) is 4.43 Å². The highest BCUT2D eigenvalue weighted by Crippen LogP contribution is 1.93. The first kappa shape index (κ1) is 8.92. The summed E-state index contributed by atoms with van der Waals surface area (Å²) >= 11 is 0. The van der Waals surface area contributed by atoms with E-state index >= 15 is 0 Å². The summed E-state index contributed by atoms with van der Waals surface area (Å²) in [7, 11) is 2.96. The van der Waals surface area contributed by atoms with Gasteiger partial charge in [-0.15, -0.1) is 0 Å². The lowest BCUT2D eigenvalue weighted by Crippen LogP contribution is -1.99. The van der Waals surface area contributed by atoms with Gasteiger partial charge in [-0.1, -0.05) is 25.5 Å². The van der Waals surface area contributed by atoms with Crippen molar-refractivity contribution < 1.29 is 4.43 Å². The summed E-state index contributed by atoms with van der Waals surface area (Å²) in [5.41, 5.74) is 0. The van der Waals surface area contributed by atoms with E-state index in [1.807, 2.05) is 13.0 Å². The van der Waals surface area contributed by atoms with E-state index in [9.17, 15) is 0 Å². The first-order valence-corrected chi connectivity index (χ1v) is 3.71. The van der Waals surface area contributed by atoms with Crippen LogP contribution in [0.2, 0.25) is 0 Å². The van der Waals surface area contributed by atoms with E-state index in [2.05, 4.69) is 23.5 Å². The molecule has 1 atom stereocenters. The SMILES string of the molecule is CCC/C=C/C(C)O[Si]. The Morgan fingerprint density at radius 2 is 2.33 bits per heavy atom. The smallest absolute Gasteiger partial charge is 0.247 e. The van der Waals surface area contributed by atoms with Crippen molar-refractivity contribution in [2.45, 2.75) is 32.8 Å². The molecule has 0 aromatic rings. The second kappa shape index (κ2) is 6.04. The minimum Gasteiger partial charge on any atom is -0.413 e. The zero-order valence-corrected chi connectivity index (χ0v) is 7.05. The molecule has 1 unspecified atom stereocenters. The second-order valence-electron chi connectivity index (χ2n) is 2.04. The molecule has 0 amide bonds. The fourth-order valence-electron chi connectivity index (χ4n) is 0.494. The molecule has 1 nitrogen and oxygen atoms in total. The summed E-state index contributed by atoms with van der Waals surface area (Å²) in [6.07, 6.45) is 6.69. The van der Waals surface area contributed by atoms with Gasteiger partial charge in [-0.05, 0) is 13.3 Å². The van der Waals surface area contributed by atoms with Crippen molar-refractivity contribution in [1.82, 2.24) is 0 Å². The number of rotatable bonds is 4. The molecule has 0 heterocycles. The molecule has 0 fully saturated rings. The molecule has 0 N–H and O–H groups in total. The molecule has 0 aliphatic heterocycles. The van der Waals surface area contributed by atoms with Gasteiger partial charge in [-0.2, -0.15) is 0 Å². The average Bonchev–Trinajstić information content (AvgIpc) is 1.89. The molecule has 9 heavy (non-hydrogen) atoms. The molecule has 0 aromatic heterocycles. The normalized spacial score (nSPS) is 14.6. The van der Waals surface area contributed by atoms with E-state index in [0.717, 1.165) is 6.42 Å². The monoisotopic (exact) mass is 141 g/mol. The van der Waals surface area contributed by atoms with E-state index < -0.39 is 0 Å². The van der Waals surface area contributed by atoms with Crippen molar-refractivity contribution in [3.8, 4) is 0 Å². The molecular weight excluding hydrogens is 128 g/mol. The second-order valence-corrected chi connectivity index (χ2v) is 2.28. The predicted molar refractivity (Wildman–Crippen MR) is 40.3 cm³/mol. The molecule has 0 spiro atoms. The maximum atomic E-state index is 4.82. The van der Waals surface area contributed by atoms with Crippen LogP contribution in [0, 0.1) is 0 Å². The Morgan fingerprint density at radius 3 is 2.78 bits per heavy atom. The van der Waals surface area contributed by atoms with Gasteiger partial charge in [0.15, 0.2) is 0 Å². The van der Waals surface area contributed by atoms with Crippen molar-refractivity contribution in [1.29, 1.82) is 0 Å². The summed E-state index contributed by atoms with van der Waals surface area (Å²) in [4.78, 5) is 0. The van der Waals surface area contributed by atoms with Crippen LogP contribution in [-0.4, -0.2) is 16.6 Å². The fraction of sp³-hybridized carbons (Fsp3) is 0.714. The van der Waals surface area contributed by atoms with Gasteiger partial charge in [0.1, 0.15) is 0 Å². The van der Waals surface area contributed by atoms with Gasteiger partial charge in [0.05, 0.1) is 6.10 Å². The third kappa shape index (κ3) is 5.79. The van der Waals surface area contributed by atoms with E-state index in [-0.39, 0.29) is 6.10 Å². The maximum absolute atomic E-state index is 4.82. The van der Waals surface area contributed by atoms with E-state index in [4.69, 9.17) is 4.43 Å². The molecule has 0 bridgehead atoms. The zero-order chi connectivity index (χ0) is 7.11. The van der Waals surface area contributed by atoms with Crippen molar-refractivity contribution in [2.24, 2.45) is 0 Å². The van der Waals surface area contributed by atoms with Crippen LogP contribution < -0.4 is 0 Å². The Morgan fingerprint density at radius 1 is 1.67 bits per heavy atom. The first-order chi connectivity index (χ1) is 4.31. The predicted octanol–water partition coefficient (Wildman–Crippen LogP) is 1.83. The number of unbranched alkanes of at least 4 members (excludes halogenated alkanes) is 1. The lowest BCUT2D eigenvalue weighted by Gasteiger charge is -2.00. The van der Waals surface area contributed by atoms with E-state index in [1.54, 1.807) is 0 Å². The van der Waals surface area contributed by atoms with Crippen LogP contribution in [0.3, 0.4) is 0 Å². The van der Waals surface area contributed by atoms with E-state index in [0.29, 0.717) is 0 Å². The third-order valence-electron chi connectivity index (χ3n) is 1.05. The largest absolute Gasteiger partial charge is 0.413 e. The number of hydrogen-bond acceptors (Lipinski definition) is 1. The minimum atomic E-state index is 0.188. The van der Waals surface area contributed by atoms with Crippen LogP contribution in [0.1, 0.15) is 26.7 Å². The van der Waals surface area contributed by atoms with Gasteiger partial charge in [-0.25, -0.2) is 0 Å². The van der Waals surface area contributed by atoms with Gasteiger partial charge in [-0.3, -0.25) is 0 Å². The summed E-state index contributed by atoms with van der Waals surface area (Å²) in [5, 5.41) is 0. The third-order valence-corrected chi connectivity index (χ3v) is 1.42. The molecule has 51 valence electrons. The van der Waals surface area contributed by atoms with Gasteiger partial charge in [0.2, 0.25) is 10.5 Å². The van der Waals surface area contributed by atoms with Gasteiger partial charge in [0.25, 0.3) is 0 Å². The molecule has 2 heteroatoms. The van der Waals surface area contributed by atoms with E-state index in [1.165, 1.54) is 6.42 Å².